The molecule has 0 aromatic rings. The third kappa shape index (κ3) is 3.95. The number of nitrogens with one attached hydrogen (secondary N) is 1. The van der Waals surface area contributed by atoms with Crippen molar-refractivity contribution in [3.05, 3.63) is 0 Å². The van der Waals surface area contributed by atoms with Crippen LogP contribution in [-0.4, -0.2) is 61.7 Å². The van der Waals surface area contributed by atoms with Crippen LogP contribution >= 0.6 is 0 Å². The summed E-state index contributed by atoms with van der Waals surface area (Å²) in [4.78, 5) is 4.75. The Kier molecular flexibility index (Phi) is 4.38. The van der Waals surface area contributed by atoms with Crippen LogP contribution in [0, 0.1) is 11.3 Å². The summed E-state index contributed by atoms with van der Waals surface area (Å²) < 4.78 is 0. The van der Waals surface area contributed by atoms with Crippen molar-refractivity contribution in [2.75, 3.05) is 33.7 Å². The van der Waals surface area contributed by atoms with E-state index in [1.165, 1.54) is 32.2 Å². The van der Waals surface area contributed by atoms with Gasteiger partial charge < -0.3 is 4.90 Å². The average molecular weight is 236 g/mol. The lowest BCUT2D eigenvalue weighted by molar-refractivity contribution is 0.130. The number of likely N-dealkylation sites (tertiary alicyclic amines) is 1. The second kappa shape index (κ2) is 5.81. The molecule has 1 aliphatic carbocycles. The second-order valence-corrected chi connectivity index (χ2v) is 5.62. The molecule has 4 nitrogen and oxygen atoms in total. The Balaban J connectivity index is 1.77. The molecule has 2 fully saturated rings. The maximum Gasteiger partial charge on any atom is 0.108 e. The van der Waals surface area contributed by atoms with Gasteiger partial charge in [0.2, 0.25) is 0 Å². The summed E-state index contributed by atoms with van der Waals surface area (Å²) in [6.45, 7) is 3.20. The number of nitriles is 1. The molecular formula is C13H24N4. The van der Waals surface area contributed by atoms with Gasteiger partial charge in [-0.1, -0.05) is 0 Å². The van der Waals surface area contributed by atoms with Crippen molar-refractivity contribution in [1.82, 2.24) is 15.1 Å². The van der Waals surface area contributed by atoms with Gasteiger partial charge in [-0.15, -0.1) is 0 Å². The minimum atomic E-state index is -0.000248. The molecule has 1 saturated heterocycles. The third-order valence-electron chi connectivity index (χ3n) is 3.86. The Hall–Kier alpha value is -0.630. The van der Waals surface area contributed by atoms with E-state index in [-0.39, 0.29) is 6.04 Å². The van der Waals surface area contributed by atoms with Crippen LogP contribution in [0.2, 0.25) is 0 Å². The maximum absolute atomic E-state index is 9.15. The molecule has 96 valence electrons. The summed E-state index contributed by atoms with van der Waals surface area (Å²) >= 11 is 0. The first-order valence-electron chi connectivity index (χ1n) is 6.73. The van der Waals surface area contributed by atoms with Crippen molar-refractivity contribution in [2.45, 2.75) is 43.8 Å². The molecule has 17 heavy (non-hydrogen) atoms. The van der Waals surface area contributed by atoms with E-state index in [1.807, 2.05) is 0 Å². The topological polar surface area (TPSA) is 42.3 Å². The average Bonchev–Trinajstić information content (AvgIpc) is 3.12. The molecule has 0 bridgehead atoms. The molecule has 1 N–H and O–H groups in total. The number of rotatable bonds is 5. The van der Waals surface area contributed by atoms with Gasteiger partial charge in [-0.05, 0) is 46.3 Å². The van der Waals surface area contributed by atoms with Crippen LogP contribution in [0.4, 0.5) is 0 Å². The monoisotopic (exact) mass is 236 g/mol. The molecule has 2 unspecified atom stereocenters. The summed E-state index contributed by atoms with van der Waals surface area (Å²) in [6, 6.07) is 3.62. The van der Waals surface area contributed by atoms with Crippen molar-refractivity contribution in [3.8, 4) is 6.07 Å². The molecule has 1 aliphatic heterocycles. The van der Waals surface area contributed by atoms with Crippen molar-refractivity contribution in [3.63, 3.8) is 0 Å². The fourth-order valence-electron chi connectivity index (χ4n) is 2.60. The van der Waals surface area contributed by atoms with Gasteiger partial charge in [0.1, 0.15) is 6.04 Å². The van der Waals surface area contributed by atoms with Crippen molar-refractivity contribution in [1.29, 1.82) is 5.26 Å². The molecule has 2 rings (SSSR count). The molecule has 0 radical (unpaired) electrons. The number of piperidine rings is 1. The summed E-state index contributed by atoms with van der Waals surface area (Å²) in [5.74, 6) is 0. The van der Waals surface area contributed by atoms with Crippen LogP contribution in [0.15, 0.2) is 0 Å². The van der Waals surface area contributed by atoms with Gasteiger partial charge in [-0.3, -0.25) is 10.2 Å². The van der Waals surface area contributed by atoms with Crippen LogP contribution in [0.5, 0.6) is 0 Å². The fourth-order valence-corrected chi connectivity index (χ4v) is 2.60. The van der Waals surface area contributed by atoms with Crippen LogP contribution in [0.3, 0.4) is 0 Å². The van der Waals surface area contributed by atoms with E-state index in [0.717, 1.165) is 13.1 Å². The van der Waals surface area contributed by atoms with Crippen LogP contribution < -0.4 is 5.32 Å². The largest absolute Gasteiger partial charge is 0.305 e. The van der Waals surface area contributed by atoms with Crippen molar-refractivity contribution < 1.29 is 0 Å². The van der Waals surface area contributed by atoms with Crippen molar-refractivity contribution in [2.24, 2.45) is 0 Å². The lowest BCUT2D eigenvalue weighted by Gasteiger charge is -2.36. The minimum Gasteiger partial charge on any atom is -0.305 e. The van der Waals surface area contributed by atoms with Crippen LogP contribution in [0.25, 0.3) is 0 Å². The first-order valence-corrected chi connectivity index (χ1v) is 6.73. The first-order chi connectivity index (χ1) is 8.19. The summed E-state index contributed by atoms with van der Waals surface area (Å²) in [5, 5.41) is 12.6. The Morgan fingerprint density at radius 3 is 2.82 bits per heavy atom. The standard InChI is InChI=1S/C13H24N4/c1-16-7-3-4-13(10-16)17(2)9-12(8-14)15-11-5-6-11/h11-13,15H,3-7,9-10H2,1-2H3. The molecule has 1 heterocycles. The lowest BCUT2D eigenvalue weighted by Crippen LogP contribution is -2.49. The first kappa shape index (κ1) is 12.8. The summed E-state index contributed by atoms with van der Waals surface area (Å²) in [7, 11) is 4.34. The van der Waals surface area contributed by atoms with Crippen LogP contribution in [0.1, 0.15) is 25.7 Å². The van der Waals surface area contributed by atoms with E-state index < -0.39 is 0 Å². The zero-order valence-electron chi connectivity index (χ0n) is 11.0. The van der Waals surface area contributed by atoms with E-state index in [2.05, 4.69) is 35.3 Å². The minimum absolute atomic E-state index is 0.000248. The van der Waals surface area contributed by atoms with E-state index >= 15 is 0 Å². The van der Waals surface area contributed by atoms with Gasteiger partial charge in [-0.2, -0.15) is 5.26 Å². The van der Waals surface area contributed by atoms with Gasteiger partial charge in [0.05, 0.1) is 6.07 Å². The molecule has 2 aliphatic rings. The van der Waals surface area contributed by atoms with E-state index in [0.29, 0.717) is 12.1 Å². The van der Waals surface area contributed by atoms with Crippen LogP contribution in [-0.2, 0) is 0 Å². The van der Waals surface area contributed by atoms with Gasteiger partial charge in [0, 0.05) is 25.2 Å². The number of hydrogen-bond acceptors (Lipinski definition) is 4. The molecule has 0 amide bonds. The smallest absolute Gasteiger partial charge is 0.108 e. The SMILES string of the molecule is CN1CCCC(N(C)CC(C#N)NC2CC2)C1. The number of hydrogen-bond donors (Lipinski definition) is 1. The zero-order chi connectivity index (χ0) is 12.3. The van der Waals surface area contributed by atoms with Gasteiger partial charge in [0.15, 0.2) is 0 Å². The molecule has 4 heteroatoms. The summed E-state index contributed by atoms with van der Waals surface area (Å²) in [5.41, 5.74) is 0. The Bertz CT molecular complexity index is 282. The molecular weight excluding hydrogens is 212 g/mol. The van der Waals surface area contributed by atoms with Gasteiger partial charge in [-0.25, -0.2) is 0 Å². The third-order valence-corrected chi connectivity index (χ3v) is 3.86. The van der Waals surface area contributed by atoms with Gasteiger partial charge >= 0.3 is 0 Å². The van der Waals surface area contributed by atoms with Crippen molar-refractivity contribution >= 4 is 0 Å². The molecule has 0 spiro atoms. The normalized spacial score (nSPS) is 28.0. The zero-order valence-corrected chi connectivity index (χ0v) is 11.0. The molecule has 0 aromatic carbocycles. The second-order valence-electron chi connectivity index (χ2n) is 5.62. The Labute approximate surface area is 105 Å². The highest BCUT2D eigenvalue weighted by Crippen LogP contribution is 2.20. The maximum atomic E-state index is 9.15. The van der Waals surface area contributed by atoms with E-state index in [1.54, 1.807) is 0 Å². The highest BCUT2D eigenvalue weighted by Gasteiger charge is 2.27. The summed E-state index contributed by atoms with van der Waals surface area (Å²) in [6.07, 6.45) is 5.03. The predicted molar refractivity (Wildman–Crippen MR) is 68.7 cm³/mol. The molecule has 0 aromatic heterocycles. The number of likely N-dealkylation sites (N-methyl/N-ethyl adjacent to an activating group) is 2. The van der Waals surface area contributed by atoms with Gasteiger partial charge in [0.25, 0.3) is 0 Å². The Morgan fingerprint density at radius 2 is 2.24 bits per heavy atom. The molecule has 2 atom stereocenters. The fraction of sp³-hybridized carbons (Fsp3) is 0.923. The molecule has 1 saturated carbocycles. The highest BCUT2D eigenvalue weighted by atomic mass is 15.2. The van der Waals surface area contributed by atoms with E-state index in [9.17, 15) is 0 Å². The highest BCUT2D eigenvalue weighted by molar-refractivity contribution is 4.98. The predicted octanol–water partition coefficient (Wildman–Crippen LogP) is 0.657. The quantitative estimate of drug-likeness (QED) is 0.761. The number of nitrogens with zero attached hydrogens (tertiary/aromatic N) is 3. The lowest BCUT2D eigenvalue weighted by atomic mass is 10.0. The Morgan fingerprint density at radius 1 is 1.47 bits per heavy atom. The van der Waals surface area contributed by atoms with E-state index in [4.69, 9.17) is 5.26 Å².